The summed E-state index contributed by atoms with van der Waals surface area (Å²) < 4.78 is 5.20. The third-order valence-corrected chi connectivity index (χ3v) is 5.23. The van der Waals surface area contributed by atoms with E-state index in [0.29, 0.717) is 17.8 Å². The molecule has 32 heavy (non-hydrogen) atoms. The van der Waals surface area contributed by atoms with Crippen LogP contribution >= 0.6 is 0 Å². The quantitative estimate of drug-likeness (QED) is 0.453. The molecule has 0 bridgehead atoms. The van der Waals surface area contributed by atoms with Crippen molar-refractivity contribution in [1.82, 2.24) is 15.3 Å². The van der Waals surface area contributed by atoms with E-state index in [1.165, 1.54) is 11.1 Å². The summed E-state index contributed by atoms with van der Waals surface area (Å²) in [6.07, 6.45) is 5.24. The number of carbonyl (C=O) groups excluding carboxylic acids is 1. The third kappa shape index (κ3) is 4.83. The van der Waals surface area contributed by atoms with Gasteiger partial charge in [0.2, 0.25) is 0 Å². The van der Waals surface area contributed by atoms with Crippen molar-refractivity contribution in [1.29, 1.82) is 0 Å². The van der Waals surface area contributed by atoms with Crippen LogP contribution in [0.15, 0.2) is 79.3 Å². The highest BCUT2D eigenvalue weighted by atomic mass is 16.5. The van der Waals surface area contributed by atoms with Gasteiger partial charge in [0.05, 0.1) is 18.4 Å². The minimum atomic E-state index is -0.182. The molecule has 0 aliphatic rings. The van der Waals surface area contributed by atoms with Crippen LogP contribution in [0.2, 0.25) is 0 Å². The minimum Gasteiger partial charge on any atom is -0.497 e. The average molecular weight is 424 g/mol. The predicted octanol–water partition coefficient (Wildman–Crippen LogP) is 5.37. The first-order chi connectivity index (χ1) is 15.5. The lowest BCUT2D eigenvalue weighted by Gasteiger charge is -2.13. The Morgan fingerprint density at radius 3 is 2.31 bits per heavy atom. The smallest absolute Gasteiger partial charge is 0.253 e. The van der Waals surface area contributed by atoms with Gasteiger partial charge in [0.25, 0.3) is 5.91 Å². The molecular weight excluding hydrogens is 398 g/mol. The largest absolute Gasteiger partial charge is 0.497 e. The number of methoxy groups -OCH3 is 1. The molecule has 0 atom stereocenters. The lowest BCUT2D eigenvalue weighted by molar-refractivity contribution is 0.0951. The summed E-state index contributed by atoms with van der Waals surface area (Å²) in [5.74, 6) is 0.600. The molecule has 2 heterocycles. The molecule has 160 valence electrons. The molecule has 1 N–H and O–H groups in total. The van der Waals surface area contributed by atoms with Crippen LogP contribution in [-0.4, -0.2) is 23.0 Å². The number of hydrogen-bond acceptors (Lipinski definition) is 4. The van der Waals surface area contributed by atoms with E-state index in [4.69, 9.17) is 4.74 Å². The first-order valence-electron chi connectivity index (χ1n) is 10.4. The number of ether oxygens (including phenoxy) is 1. The van der Waals surface area contributed by atoms with Gasteiger partial charge in [-0.2, -0.15) is 0 Å². The van der Waals surface area contributed by atoms with Crippen molar-refractivity contribution in [3.63, 3.8) is 0 Å². The van der Waals surface area contributed by atoms with Crippen molar-refractivity contribution in [3.05, 3.63) is 102 Å². The molecule has 2 aromatic carbocycles. The number of pyridine rings is 2. The highest BCUT2D eigenvalue weighted by Gasteiger charge is 2.16. The van der Waals surface area contributed by atoms with Crippen LogP contribution in [0.4, 0.5) is 0 Å². The zero-order valence-corrected chi connectivity index (χ0v) is 18.4. The van der Waals surface area contributed by atoms with E-state index in [0.717, 1.165) is 28.0 Å². The zero-order valence-electron chi connectivity index (χ0n) is 18.4. The second-order valence-corrected chi connectivity index (χ2v) is 7.77. The number of hydrogen-bond donors (Lipinski definition) is 1. The predicted molar refractivity (Wildman–Crippen MR) is 127 cm³/mol. The fraction of sp³-hybridized carbons (Fsp3) is 0.148. The van der Waals surface area contributed by atoms with E-state index in [-0.39, 0.29) is 5.91 Å². The van der Waals surface area contributed by atoms with Crippen molar-refractivity contribution >= 4 is 5.91 Å². The van der Waals surface area contributed by atoms with E-state index < -0.39 is 0 Å². The van der Waals surface area contributed by atoms with Gasteiger partial charge < -0.3 is 10.1 Å². The van der Waals surface area contributed by atoms with E-state index >= 15 is 0 Å². The van der Waals surface area contributed by atoms with E-state index in [2.05, 4.69) is 47.3 Å². The summed E-state index contributed by atoms with van der Waals surface area (Å²) in [7, 11) is 1.63. The SMILES string of the molecule is COc1ccc(CNC(=O)c2cc(-c3cc(C)cc(C)c3)cnc2-c2cccnc2)cc1. The standard InChI is InChI=1S/C27H25N3O2/c1-18-11-19(2)13-22(12-18)23-14-25(26(29-17-23)21-5-4-10-28-16-21)27(31)30-15-20-6-8-24(32-3)9-7-20/h4-14,16-17H,15H2,1-3H3,(H,30,31). The third-order valence-electron chi connectivity index (χ3n) is 5.23. The molecule has 0 spiro atoms. The van der Waals surface area contributed by atoms with Gasteiger partial charge >= 0.3 is 0 Å². The highest BCUT2D eigenvalue weighted by Crippen LogP contribution is 2.28. The molecule has 0 radical (unpaired) electrons. The number of aryl methyl sites for hydroxylation is 2. The topological polar surface area (TPSA) is 64.1 Å². The van der Waals surface area contributed by atoms with Crippen LogP contribution in [0, 0.1) is 13.8 Å². The van der Waals surface area contributed by atoms with Gasteiger partial charge in [-0.1, -0.05) is 41.5 Å². The molecule has 5 heteroatoms. The molecule has 5 nitrogen and oxygen atoms in total. The summed E-state index contributed by atoms with van der Waals surface area (Å²) in [4.78, 5) is 22.1. The number of nitrogens with one attached hydrogen (secondary N) is 1. The van der Waals surface area contributed by atoms with Crippen LogP contribution in [-0.2, 0) is 6.54 Å². The zero-order chi connectivity index (χ0) is 22.5. The Labute approximate surface area is 188 Å². The number of aromatic nitrogens is 2. The summed E-state index contributed by atoms with van der Waals surface area (Å²) >= 11 is 0. The maximum atomic E-state index is 13.3. The first kappa shape index (κ1) is 21.2. The van der Waals surface area contributed by atoms with Crippen molar-refractivity contribution in [2.45, 2.75) is 20.4 Å². The molecule has 0 saturated carbocycles. The summed E-state index contributed by atoms with van der Waals surface area (Å²) in [5.41, 5.74) is 7.19. The Balaban J connectivity index is 1.68. The molecule has 0 saturated heterocycles. The lowest BCUT2D eigenvalue weighted by atomic mass is 9.98. The molecular formula is C27H25N3O2. The van der Waals surface area contributed by atoms with Gasteiger partial charge in [-0.25, -0.2) is 0 Å². The van der Waals surface area contributed by atoms with Crippen molar-refractivity contribution in [3.8, 4) is 28.1 Å². The van der Waals surface area contributed by atoms with E-state index in [1.54, 1.807) is 19.5 Å². The van der Waals surface area contributed by atoms with Crippen LogP contribution in [0.3, 0.4) is 0 Å². The van der Waals surface area contributed by atoms with Crippen LogP contribution in [0.1, 0.15) is 27.0 Å². The lowest BCUT2D eigenvalue weighted by Crippen LogP contribution is -2.24. The van der Waals surface area contributed by atoms with Crippen molar-refractivity contribution < 1.29 is 9.53 Å². The number of nitrogens with zero attached hydrogens (tertiary/aromatic N) is 2. The molecule has 0 aliphatic heterocycles. The maximum absolute atomic E-state index is 13.3. The summed E-state index contributed by atoms with van der Waals surface area (Å²) in [5, 5.41) is 3.02. The second-order valence-electron chi connectivity index (χ2n) is 7.77. The summed E-state index contributed by atoms with van der Waals surface area (Å²) in [6.45, 7) is 4.54. The molecule has 0 aliphatic carbocycles. The first-order valence-corrected chi connectivity index (χ1v) is 10.4. The Morgan fingerprint density at radius 1 is 0.906 bits per heavy atom. The average Bonchev–Trinajstić information content (AvgIpc) is 2.82. The van der Waals surface area contributed by atoms with Crippen molar-refractivity contribution in [2.75, 3.05) is 7.11 Å². The Hall–Kier alpha value is -3.99. The highest BCUT2D eigenvalue weighted by molar-refractivity contribution is 6.01. The van der Waals surface area contributed by atoms with Gasteiger partial charge in [-0.3, -0.25) is 14.8 Å². The van der Waals surface area contributed by atoms with Gasteiger partial charge in [0.1, 0.15) is 5.75 Å². The van der Waals surface area contributed by atoms with E-state index in [1.807, 2.05) is 48.7 Å². The number of rotatable bonds is 6. The second kappa shape index (κ2) is 9.43. The Kier molecular flexibility index (Phi) is 6.26. The number of amides is 1. The Bertz CT molecular complexity index is 1220. The molecule has 4 aromatic rings. The van der Waals surface area contributed by atoms with Gasteiger partial charge in [0.15, 0.2) is 0 Å². The molecule has 2 aromatic heterocycles. The summed E-state index contributed by atoms with van der Waals surface area (Å²) in [6, 6.07) is 19.6. The fourth-order valence-corrected chi connectivity index (χ4v) is 3.69. The Morgan fingerprint density at radius 2 is 1.66 bits per heavy atom. The van der Waals surface area contributed by atoms with Crippen LogP contribution < -0.4 is 10.1 Å². The van der Waals surface area contributed by atoms with Gasteiger partial charge in [-0.15, -0.1) is 0 Å². The van der Waals surface area contributed by atoms with Crippen LogP contribution in [0.5, 0.6) is 5.75 Å². The van der Waals surface area contributed by atoms with Crippen molar-refractivity contribution in [2.24, 2.45) is 0 Å². The molecule has 4 rings (SSSR count). The van der Waals surface area contributed by atoms with Gasteiger partial charge in [0, 0.05) is 36.3 Å². The van der Waals surface area contributed by atoms with Crippen LogP contribution in [0.25, 0.3) is 22.4 Å². The number of carbonyl (C=O) groups is 1. The van der Waals surface area contributed by atoms with Gasteiger partial charge in [-0.05, 0) is 55.3 Å². The molecule has 0 unspecified atom stereocenters. The normalized spacial score (nSPS) is 10.6. The maximum Gasteiger partial charge on any atom is 0.253 e. The van der Waals surface area contributed by atoms with E-state index in [9.17, 15) is 4.79 Å². The molecule has 0 fully saturated rings. The minimum absolute atomic E-state index is 0.182. The molecule has 1 amide bonds. The number of benzene rings is 2. The monoisotopic (exact) mass is 423 g/mol. The fourth-order valence-electron chi connectivity index (χ4n) is 3.69.